The van der Waals surface area contributed by atoms with Crippen LogP contribution in [0.5, 0.6) is 0 Å². The lowest BCUT2D eigenvalue weighted by molar-refractivity contribution is -0.154. The van der Waals surface area contributed by atoms with Gasteiger partial charge in [0, 0.05) is 5.56 Å². The van der Waals surface area contributed by atoms with Gasteiger partial charge < -0.3 is 10.1 Å². The first kappa shape index (κ1) is 19.8. The SMILES string of the molecule is CC1(NC(=O)COC(=O)C2(c3ccccc3F)CCCC2)CCS(=O)(=O)C1. The van der Waals surface area contributed by atoms with Crippen LogP contribution in [0.3, 0.4) is 0 Å². The molecule has 148 valence electrons. The predicted octanol–water partition coefficient (Wildman–Crippen LogP) is 1.87. The first-order valence-corrected chi connectivity index (χ1v) is 10.9. The summed E-state index contributed by atoms with van der Waals surface area (Å²) in [5.74, 6) is -1.71. The molecule has 1 aromatic rings. The molecular weight excluding hydrogens is 373 g/mol. The van der Waals surface area contributed by atoms with Crippen molar-refractivity contribution in [2.75, 3.05) is 18.1 Å². The topological polar surface area (TPSA) is 89.5 Å². The Bertz CT molecular complexity index is 847. The van der Waals surface area contributed by atoms with Crippen molar-refractivity contribution in [1.29, 1.82) is 0 Å². The van der Waals surface area contributed by atoms with Gasteiger partial charge in [-0.1, -0.05) is 31.0 Å². The van der Waals surface area contributed by atoms with E-state index in [0.29, 0.717) is 24.8 Å². The molecule has 1 saturated heterocycles. The standard InChI is InChI=1S/C19H24FNO5S/c1-18(10-11-27(24,25)13-18)21-16(22)12-26-17(23)19(8-4-5-9-19)14-6-2-3-7-15(14)20/h2-3,6-7H,4-5,8-13H2,1H3,(H,21,22). The molecule has 1 aromatic carbocycles. The molecule has 0 radical (unpaired) electrons. The van der Waals surface area contributed by atoms with E-state index in [2.05, 4.69) is 5.32 Å². The lowest BCUT2D eigenvalue weighted by Crippen LogP contribution is -2.49. The Balaban J connectivity index is 1.66. The molecule has 1 N–H and O–H groups in total. The average Bonchev–Trinajstić information content (AvgIpc) is 3.18. The van der Waals surface area contributed by atoms with E-state index in [9.17, 15) is 22.4 Å². The van der Waals surface area contributed by atoms with Crippen molar-refractivity contribution >= 4 is 21.7 Å². The third-order valence-electron chi connectivity index (χ3n) is 5.52. The number of amides is 1. The Kier molecular flexibility index (Phi) is 5.29. The number of ether oxygens (including phenoxy) is 1. The van der Waals surface area contributed by atoms with Crippen LogP contribution in [0, 0.1) is 5.82 Å². The number of benzene rings is 1. The molecule has 6 nitrogen and oxygen atoms in total. The van der Waals surface area contributed by atoms with Crippen LogP contribution in [0.15, 0.2) is 24.3 Å². The number of sulfone groups is 1. The summed E-state index contributed by atoms with van der Waals surface area (Å²) in [7, 11) is -3.16. The molecule has 1 heterocycles. The zero-order chi connectivity index (χ0) is 19.7. The highest BCUT2D eigenvalue weighted by atomic mass is 32.2. The van der Waals surface area contributed by atoms with Gasteiger partial charge in [-0.15, -0.1) is 0 Å². The second kappa shape index (κ2) is 7.22. The summed E-state index contributed by atoms with van der Waals surface area (Å²) in [6, 6.07) is 6.15. The molecule has 2 aliphatic rings. The van der Waals surface area contributed by atoms with Crippen molar-refractivity contribution in [3.63, 3.8) is 0 Å². The van der Waals surface area contributed by atoms with Crippen LogP contribution in [-0.4, -0.2) is 43.9 Å². The summed E-state index contributed by atoms with van der Waals surface area (Å²) >= 11 is 0. The van der Waals surface area contributed by atoms with Crippen molar-refractivity contribution in [1.82, 2.24) is 5.32 Å². The number of carbonyl (C=O) groups excluding carboxylic acids is 2. The number of hydrogen-bond acceptors (Lipinski definition) is 5. The molecule has 1 atom stereocenters. The lowest BCUT2D eigenvalue weighted by Gasteiger charge is -2.28. The van der Waals surface area contributed by atoms with Crippen LogP contribution in [0.4, 0.5) is 4.39 Å². The van der Waals surface area contributed by atoms with Gasteiger partial charge in [-0.25, -0.2) is 12.8 Å². The quantitative estimate of drug-likeness (QED) is 0.766. The van der Waals surface area contributed by atoms with Crippen LogP contribution < -0.4 is 5.32 Å². The molecule has 0 bridgehead atoms. The van der Waals surface area contributed by atoms with Gasteiger partial charge in [0.05, 0.1) is 22.5 Å². The van der Waals surface area contributed by atoms with E-state index < -0.39 is 45.1 Å². The van der Waals surface area contributed by atoms with Crippen molar-refractivity contribution in [3.8, 4) is 0 Å². The van der Waals surface area contributed by atoms with Crippen LogP contribution in [-0.2, 0) is 29.6 Å². The van der Waals surface area contributed by atoms with Gasteiger partial charge in [0.1, 0.15) is 5.82 Å². The lowest BCUT2D eigenvalue weighted by atomic mass is 9.78. The van der Waals surface area contributed by atoms with Gasteiger partial charge in [-0.05, 0) is 32.3 Å². The van der Waals surface area contributed by atoms with E-state index in [1.165, 1.54) is 6.07 Å². The molecule has 1 amide bonds. The Morgan fingerprint density at radius 1 is 1.19 bits per heavy atom. The van der Waals surface area contributed by atoms with E-state index in [4.69, 9.17) is 4.74 Å². The highest BCUT2D eigenvalue weighted by Crippen LogP contribution is 2.43. The normalized spacial score (nSPS) is 25.9. The first-order valence-electron chi connectivity index (χ1n) is 9.10. The van der Waals surface area contributed by atoms with Gasteiger partial charge in [-0.2, -0.15) is 0 Å². The van der Waals surface area contributed by atoms with Crippen LogP contribution in [0.1, 0.15) is 44.6 Å². The molecule has 0 aromatic heterocycles. The molecule has 8 heteroatoms. The Morgan fingerprint density at radius 2 is 1.85 bits per heavy atom. The van der Waals surface area contributed by atoms with E-state index >= 15 is 0 Å². The summed E-state index contributed by atoms with van der Waals surface area (Å²) < 4.78 is 42.8. The monoisotopic (exact) mass is 397 g/mol. The summed E-state index contributed by atoms with van der Waals surface area (Å²) in [5.41, 5.74) is -1.60. The highest BCUT2D eigenvalue weighted by Gasteiger charge is 2.46. The fraction of sp³-hybridized carbons (Fsp3) is 0.579. The largest absolute Gasteiger partial charge is 0.455 e. The zero-order valence-electron chi connectivity index (χ0n) is 15.3. The Hall–Kier alpha value is -1.96. The maximum Gasteiger partial charge on any atom is 0.317 e. The number of esters is 1. The van der Waals surface area contributed by atoms with Crippen molar-refractivity contribution in [2.45, 2.75) is 50.0 Å². The van der Waals surface area contributed by atoms with Crippen molar-refractivity contribution < 1.29 is 27.1 Å². The van der Waals surface area contributed by atoms with E-state index in [1.54, 1.807) is 25.1 Å². The number of hydrogen-bond donors (Lipinski definition) is 1. The van der Waals surface area contributed by atoms with Gasteiger partial charge in [0.15, 0.2) is 16.4 Å². The van der Waals surface area contributed by atoms with E-state index in [1.807, 2.05) is 0 Å². The first-order chi connectivity index (χ1) is 12.7. The number of carbonyl (C=O) groups is 2. The maximum absolute atomic E-state index is 14.3. The molecule has 2 fully saturated rings. The third kappa shape index (κ3) is 4.15. The second-order valence-corrected chi connectivity index (χ2v) is 9.98. The highest BCUT2D eigenvalue weighted by molar-refractivity contribution is 7.91. The summed E-state index contributed by atoms with van der Waals surface area (Å²) in [6.45, 7) is 1.15. The maximum atomic E-state index is 14.3. The summed E-state index contributed by atoms with van der Waals surface area (Å²) in [5, 5.41) is 2.65. The zero-order valence-corrected chi connectivity index (χ0v) is 16.1. The third-order valence-corrected chi connectivity index (χ3v) is 7.42. The number of halogens is 1. The fourth-order valence-electron chi connectivity index (χ4n) is 4.16. The predicted molar refractivity (Wildman–Crippen MR) is 97.3 cm³/mol. The fourth-order valence-corrected chi connectivity index (χ4v) is 6.26. The van der Waals surface area contributed by atoms with Gasteiger partial charge in [0.2, 0.25) is 0 Å². The average molecular weight is 397 g/mol. The minimum absolute atomic E-state index is 0.0277. The van der Waals surface area contributed by atoms with Crippen molar-refractivity contribution in [2.24, 2.45) is 0 Å². The molecule has 1 unspecified atom stereocenters. The number of rotatable bonds is 5. The minimum Gasteiger partial charge on any atom is -0.455 e. The Labute approximate surface area is 158 Å². The molecule has 1 aliphatic carbocycles. The smallest absolute Gasteiger partial charge is 0.317 e. The summed E-state index contributed by atoms with van der Waals surface area (Å²) in [4.78, 5) is 25.0. The van der Waals surface area contributed by atoms with Crippen LogP contribution >= 0.6 is 0 Å². The van der Waals surface area contributed by atoms with E-state index in [-0.39, 0.29) is 11.5 Å². The molecule has 27 heavy (non-hydrogen) atoms. The van der Waals surface area contributed by atoms with E-state index in [0.717, 1.165) is 12.8 Å². The second-order valence-electron chi connectivity index (χ2n) is 7.80. The number of nitrogens with one attached hydrogen (secondary N) is 1. The van der Waals surface area contributed by atoms with Gasteiger partial charge >= 0.3 is 5.97 Å². The molecular formula is C19H24FNO5S. The molecule has 1 saturated carbocycles. The minimum atomic E-state index is -3.16. The molecule has 3 rings (SSSR count). The summed E-state index contributed by atoms with van der Waals surface area (Å²) in [6.07, 6.45) is 2.85. The van der Waals surface area contributed by atoms with Crippen LogP contribution in [0.25, 0.3) is 0 Å². The molecule has 1 aliphatic heterocycles. The Morgan fingerprint density at radius 3 is 2.44 bits per heavy atom. The van der Waals surface area contributed by atoms with Crippen molar-refractivity contribution in [3.05, 3.63) is 35.6 Å². The van der Waals surface area contributed by atoms with Gasteiger partial charge in [-0.3, -0.25) is 9.59 Å². The van der Waals surface area contributed by atoms with Crippen LogP contribution in [0.2, 0.25) is 0 Å². The van der Waals surface area contributed by atoms with Gasteiger partial charge in [0.25, 0.3) is 5.91 Å². The molecule has 0 spiro atoms.